The van der Waals surface area contributed by atoms with Gasteiger partial charge in [0.2, 0.25) is 0 Å². The van der Waals surface area contributed by atoms with Gasteiger partial charge in [-0.2, -0.15) is 5.10 Å². The Labute approximate surface area is 195 Å². The number of amides is 2. The molecular weight excluding hydrogens is 442 g/mol. The molecule has 1 aromatic heterocycles. The lowest BCUT2D eigenvalue weighted by Gasteiger charge is -2.24. The number of aliphatic carboxylic acids is 1. The topological polar surface area (TPSA) is 168 Å². The molecule has 0 radical (unpaired) electrons. The number of H-pyrrole nitrogens is 1. The first-order chi connectivity index (χ1) is 16.4. The van der Waals surface area contributed by atoms with Crippen molar-refractivity contribution in [2.75, 3.05) is 19.7 Å². The van der Waals surface area contributed by atoms with E-state index in [1.54, 1.807) is 0 Å². The summed E-state index contributed by atoms with van der Waals surface area (Å²) >= 11 is 0. The van der Waals surface area contributed by atoms with Crippen molar-refractivity contribution < 1.29 is 29.7 Å². The third-order valence-electron chi connectivity index (χ3n) is 4.83. The molecule has 1 unspecified atom stereocenters. The molecule has 0 fully saturated rings. The zero-order chi connectivity index (χ0) is 24.5. The minimum atomic E-state index is -1.73. The zero-order valence-electron chi connectivity index (χ0n) is 18.1. The van der Waals surface area contributed by atoms with Crippen molar-refractivity contribution in [1.82, 2.24) is 25.9 Å². The van der Waals surface area contributed by atoms with Crippen molar-refractivity contribution in [2.24, 2.45) is 0 Å². The Morgan fingerprint density at radius 1 is 1.00 bits per heavy atom. The fraction of sp³-hybridized carbons (Fsp3) is 0.217. The summed E-state index contributed by atoms with van der Waals surface area (Å²) in [7, 11) is 0. The largest absolute Gasteiger partial charge is 0.479 e. The van der Waals surface area contributed by atoms with Gasteiger partial charge in [-0.05, 0) is 16.7 Å². The lowest BCUT2D eigenvalue weighted by atomic mass is 10.0. The van der Waals surface area contributed by atoms with E-state index in [1.165, 1.54) is 11.1 Å². The first kappa shape index (κ1) is 24.6. The maximum Gasteiger partial charge on any atom is 0.333 e. The lowest BCUT2D eigenvalue weighted by molar-refractivity contribution is -0.148. The molecule has 0 bridgehead atoms. The van der Waals surface area contributed by atoms with E-state index >= 15 is 0 Å². The highest BCUT2D eigenvalue weighted by Crippen LogP contribution is 2.19. The lowest BCUT2D eigenvalue weighted by Crippen LogP contribution is -2.47. The van der Waals surface area contributed by atoms with Crippen molar-refractivity contribution in [3.8, 4) is 11.1 Å². The molecule has 3 aromatic rings. The molecule has 178 valence electrons. The van der Waals surface area contributed by atoms with E-state index in [2.05, 4.69) is 20.9 Å². The van der Waals surface area contributed by atoms with Crippen LogP contribution in [0, 0.1) is 0 Å². The van der Waals surface area contributed by atoms with E-state index in [-0.39, 0.29) is 37.6 Å². The maximum atomic E-state index is 12.7. The monoisotopic (exact) mass is 467 g/mol. The third-order valence-corrected chi connectivity index (χ3v) is 4.83. The summed E-state index contributed by atoms with van der Waals surface area (Å²) in [4.78, 5) is 35.7. The molecule has 3 rings (SSSR count). The number of carbonyl (C=O) groups is 3. The molecule has 11 heteroatoms. The number of aliphatic hydroxyl groups is 2. The Hall–Kier alpha value is -4.06. The fourth-order valence-electron chi connectivity index (χ4n) is 3.11. The van der Waals surface area contributed by atoms with Gasteiger partial charge in [-0.25, -0.2) is 9.80 Å². The number of benzene rings is 2. The van der Waals surface area contributed by atoms with Gasteiger partial charge < -0.3 is 20.6 Å². The standard InChI is InChI=1S/C23H25N5O6/c29-11-10-24-21(31)18-12-19(26-25-18)22(32)27-28(14-20(30)23(33)34)13-15-6-8-17(9-7-15)16-4-2-1-3-5-16/h1-9,12,20,29-30H,10-11,13-14H2,(H,24,31)(H,25,26)(H,27,32)(H,33,34). The second kappa shape index (κ2) is 11.7. The number of rotatable bonds is 11. The van der Waals surface area contributed by atoms with E-state index in [4.69, 9.17) is 10.2 Å². The first-order valence-electron chi connectivity index (χ1n) is 10.4. The second-order valence-corrected chi connectivity index (χ2v) is 7.38. The van der Waals surface area contributed by atoms with Gasteiger partial charge in [0, 0.05) is 19.2 Å². The SMILES string of the molecule is O=C(NCCO)c1cc(C(=O)NN(Cc2ccc(-c3ccccc3)cc2)CC(O)C(=O)O)[nH]n1. The highest BCUT2D eigenvalue weighted by molar-refractivity contribution is 5.97. The van der Waals surface area contributed by atoms with Crippen LogP contribution in [0.25, 0.3) is 11.1 Å². The van der Waals surface area contributed by atoms with E-state index < -0.39 is 23.9 Å². The van der Waals surface area contributed by atoms with Crippen molar-refractivity contribution >= 4 is 17.8 Å². The van der Waals surface area contributed by atoms with Gasteiger partial charge in [0.05, 0.1) is 13.2 Å². The molecule has 0 aliphatic carbocycles. The second-order valence-electron chi connectivity index (χ2n) is 7.38. The summed E-state index contributed by atoms with van der Waals surface area (Å²) in [6, 6.07) is 18.5. The van der Waals surface area contributed by atoms with Crippen LogP contribution in [0.15, 0.2) is 60.7 Å². The summed E-state index contributed by atoms with van der Waals surface area (Å²) in [5.74, 6) is -2.67. The molecule has 0 saturated carbocycles. The minimum Gasteiger partial charge on any atom is -0.479 e. The highest BCUT2D eigenvalue weighted by atomic mass is 16.4. The molecule has 11 nitrogen and oxygen atoms in total. The number of nitrogens with zero attached hydrogens (tertiary/aromatic N) is 2. The Kier molecular flexibility index (Phi) is 8.46. The molecule has 2 aromatic carbocycles. The van der Waals surface area contributed by atoms with Gasteiger partial charge in [-0.3, -0.25) is 20.1 Å². The zero-order valence-corrected chi connectivity index (χ0v) is 18.1. The number of carboxylic acids is 1. The molecule has 1 heterocycles. The van der Waals surface area contributed by atoms with Gasteiger partial charge >= 0.3 is 5.97 Å². The van der Waals surface area contributed by atoms with Crippen molar-refractivity contribution in [1.29, 1.82) is 0 Å². The predicted molar refractivity (Wildman–Crippen MR) is 121 cm³/mol. The van der Waals surface area contributed by atoms with E-state index in [0.29, 0.717) is 0 Å². The van der Waals surface area contributed by atoms with Crippen LogP contribution < -0.4 is 10.7 Å². The average molecular weight is 467 g/mol. The van der Waals surface area contributed by atoms with Crippen LogP contribution in [0.4, 0.5) is 0 Å². The predicted octanol–water partition coefficient (Wildman–Crippen LogP) is 0.391. The molecule has 0 saturated heterocycles. The fourth-order valence-corrected chi connectivity index (χ4v) is 3.11. The minimum absolute atomic E-state index is 0.0385. The molecule has 34 heavy (non-hydrogen) atoms. The van der Waals surface area contributed by atoms with Crippen LogP contribution in [0.1, 0.15) is 26.5 Å². The number of hydrazine groups is 1. The number of aromatic amines is 1. The van der Waals surface area contributed by atoms with Gasteiger partial charge in [0.15, 0.2) is 11.8 Å². The van der Waals surface area contributed by atoms with Gasteiger partial charge in [-0.1, -0.05) is 54.6 Å². The van der Waals surface area contributed by atoms with Crippen LogP contribution in [-0.4, -0.2) is 74.1 Å². The third kappa shape index (κ3) is 6.72. The van der Waals surface area contributed by atoms with Crippen LogP contribution in [0.3, 0.4) is 0 Å². The Morgan fingerprint density at radius 2 is 1.68 bits per heavy atom. The Balaban J connectivity index is 1.71. The normalized spacial score (nSPS) is 11.7. The van der Waals surface area contributed by atoms with Crippen molar-refractivity contribution in [2.45, 2.75) is 12.6 Å². The van der Waals surface area contributed by atoms with Crippen molar-refractivity contribution in [3.63, 3.8) is 0 Å². The van der Waals surface area contributed by atoms with E-state index in [9.17, 15) is 19.5 Å². The smallest absolute Gasteiger partial charge is 0.333 e. The molecular formula is C23H25N5O6. The number of carboxylic acid groups (broad SMARTS) is 1. The number of hydrogen-bond acceptors (Lipinski definition) is 7. The van der Waals surface area contributed by atoms with Crippen LogP contribution in [0.5, 0.6) is 0 Å². The van der Waals surface area contributed by atoms with E-state index in [0.717, 1.165) is 16.7 Å². The first-order valence-corrected chi connectivity index (χ1v) is 10.4. The summed E-state index contributed by atoms with van der Waals surface area (Å²) in [5.41, 5.74) is 5.26. The molecule has 2 amide bonds. The summed E-state index contributed by atoms with van der Waals surface area (Å²) in [6.07, 6.45) is -1.73. The molecule has 1 atom stereocenters. The summed E-state index contributed by atoms with van der Waals surface area (Å²) in [6.45, 7) is -0.462. The number of nitrogens with one attached hydrogen (secondary N) is 3. The van der Waals surface area contributed by atoms with Gasteiger partial charge in [0.1, 0.15) is 5.69 Å². The number of aliphatic hydroxyl groups excluding tert-OH is 2. The Bertz CT molecular complexity index is 1120. The summed E-state index contributed by atoms with van der Waals surface area (Å²) < 4.78 is 0. The Morgan fingerprint density at radius 3 is 2.32 bits per heavy atom. The molecule has 0 aliphatic rings. The van der Waals surface area contributed by atoms with Gasteiger partial charge in [0.25, 0.3) is 11.8 Å². The maximum absolute atomic E-state index is 12.7. The quantitative estimate of drug-likeness (QED) is 0.220. The molecule has 0 spiro atoms. The molecule has 6 N–H and O–H groups in total. The van der Waals surface area contributed by atoms with E-state index in [1.807, 2.05) is 54.6 Å². The molecule has 0 aliphatic heterocycles. The van der Waals surface area contributed by atoms with Crippen LogP contribution in [-0.2, 0) is 11.3 Å². The van der Waals surface area contributed by atoms with Crippen LogP contribution >= 0.6 is 0 Å². The number of aromatic nitrogens is 2. The van der Waals surface area contributed by atoms with Gasteiger partial charge in [-0.15, -0.1) is 0 Å². The van der Waals surface area contributed by atoms with Crippen LogP contribution in [0.2, 0.25) is 0 Å². The summed E-state index contributed by atoms with van der Waals surface area (Å²) in [5, 5.41) is 37.6. The number of carbonyl (C=O) groups excluding carboxylic acids is 2. The van der Waals surface area contributed by atoms with Crippen molar-refractivity contribution in [3.05, 3.63) is 77.6 Å². The average Bonchev–Trinajstić information content (AvgIpc) is 3.34. The number of hydrogen-bond donors (Lipinski definition) is 6. The highest BCUT2D eigenvalue weighted by Gasteiger charge is 2.22.